The van der Waals surface area contributed by atoms with E-state index in [1.54, 1.807) is 11.1 Å². The lowest BCUT2D eigenvalue weighted by Gasteiger charge is -2.61. The van der Waals surface area contributed by atoms with Crippen molar-refractivity contribution in [3.8, 4) is 11.1 Å². The SMILES string of the molecule is c1ccc(N(c2ccc3c(c2)-c2ccccc2C32C3CC4CC(C3)CC2C4)c2ccc3c(ccc4ccccc43)c2)cc1. The molecular weight excluding hydrogens is 518 g/mol. The molecule has 1 nitrogen and oxygen atoms in total. The van der Waals surface area contributed by atoms with Gasteiger partial charge in [-0.15, -0.1) is 0 Å². The van der Waals surface area contributed by atoms with Gasteiger partial charge in [-0.1, -0.05) is 91.0 Å². The van der Waals surface area contributed by atoms with Crippen LogP contribution in [0.3, 0.4) is 0 Å². The first-order valence-corrected chi connectivity index (χ1v) is 16.3. The normalized spacial score (nSPS) is 26.2. The monoisotopic (exact) mass is 553 g/mol. The highest BCUT2D eigenvalue weighted by molar-refractivity contribution is 6.08. The van der Waals surface area contributed by atoms with Gasteiger partial charge in [0.1, 0.15) is 0 Å². The number of rotatable bonds is 3. The van der Waals surface area contributed by atoms with Gasteiger partial charge in [0.15, 0.2) is 0 Å². The third-order valence-corrected chi connectivity index (χ3v) is 11.8. The van der Waals surface area contributed by atoms with Crippen molar-refractivity contribution in [3.05, 3.63) is 139 Å². The molecule has 0 atom stereocenters. The summed E-state index contributed by atoms with van der Waals surface area (Å²) in [7, 11) is 0. The molecule has 208 valence electrons. The summed E-state index contributed by atoms with van der Waals surface area (Å²) in [5, 5.41) is 5.18. The molecule has 0 saturated heterocycles. The largest absolute Gasteiger partial charge is 0.310 e. The summed E-state index contributed by atoms with van der Waals surface area (Å²) >= 11 is 0. The number of hydrogen-bond acceptors (Lipinski definition) is 1. The van der Waals surface area contributed by atoms with E-state index in [1.807, 2.05) is 0 Å². The molecule has 5 aliphatic carbocycles. The van der Waals surface area contributed by atoms with Crippen LogP contribution in [0.15, 0.2) is 127 Å². The maximum Gasteiger partial charge on any atom is 0.0468 e. The van der Waals surface area contributed by atoms with Crippen LogP contribution in [0, 0.1) is 23.7 Å². The first kappa shape index (κ1) is 24.1. The second-order valence-electron chi connectivity index (χ2n) is 13.8. The van der Waals surface area contributed by atoms with Gasteiger partial charge in [-0.05, 0) is 136 Å². The molecule has 4 saturated carbocycles. The second-order valence-corrected chi connectivity index (χ2v) is 13.8. The van der Waals surface area contributed by atoms with E-state index >= 15 is 0 Å². The molecule has 11 rings (SSSR count). The van der Waals surface area contributed by atoms with Gasteiger partial charge >= 0.3 is 0 Å². The maximum atomic E-state index is 2.54. The Balaban J connectivity index is 1.16. The lowest BCUT2D eigenvalue weighted by molar-refractivity contribution is -0.0399. The van der Waals surface area contributed by atoms with E-state index in [0.717, 1.165) is 23.7 Å². The smallest absolute Gasteiger partial charge is 0.0468 e. The predicted octanol–water partition coefficient (Wildman–Crippen LogP) is 11.2. The number of para-hydroxylation sites is 1. The fourth-order valence-corrected chi connectivity index (χ4v) is 10.4. The van der Waals surface area contributed by atoms with E-state index in [0.29, 0.717) is 0 Å². The summed E-state index contributed by atoms with van der Waals surface area (Å²) in [6.07, 6.45) is 7.17. The lowest BCUT2D eigenvalue weighted by Crippen LogP contribution is -2.55. The van der Waals surface area contributed by atoms with Crippen LogP contribution < -0.4 is 4.90 Å². The van der Waals surface area contributed by atoms with Crippen molar-refractivity contribution in [3.63, 3.8) is 0 Å². The summed E-state index contributed by atoms with van der Waals surface area (Å²) in [6, 6.07) is 48.1. The minimum atomic E-state index is 0.208. The average molecular weight is 554 g/mol. The first-order valence-electron chi connectivity index (χ1n) is 16.3. The molecule has 0 amide bonds. The number of hydrogen-bond donors (Lipinski definition) is 0. The summed E-state index contributed by atoms with van der Waals surface area (Å²) in [5.74, 6) is 3.50. The third-order valence-electron chi connectivity index (χ3n) is 11.8. The van der Waals surface area contributed by atoms with Gasteiger partial charge in [0.25, 0.3) is 0 Å². The van der Waals surface area contributed by atoms with Crippen molar-refractivity contribution in [1.29, 1.82) is 0 Å². The zero-order valence-corrected chi connectivity index (χ0v) is 24.4. The van der Waals surface area contributed by atoms with Gasteiger partial charge < -0.3 is 4.90 Å². The highest BCUT2D eigenvalue weighted by Crippen LogP contribution is 2.69. The Morgan fingerprint density at radius 3 is 1.91 bits per heavy atom. The summed E-state index contributed by atoms with van der Waals surface area (Å²) < 4.78 is 0. The Hall–Kier alpha value is -4.36. The minimum Gasteiger partial charge on any atom is -0.310 e. The van der Waals surface area contributed by atoms with Crippen LogP contribution in [-0.2, 0) is 5.41 Å². The van der Waals surface area contributed by atoms with Crippen molar-refractivity contribution < 1.29 is 0 Å². The van der Waals surface area contributed by atoms with E-state index in [2.05, 4.69) is 132 Å². The van der Waals surface area contributed by atoms with Crippen LogP contribution in [0.4, 0.5) is 17.1 Å². The molecule has 0 aliphatic heterocycles. The molecule has 4 fully saturated rings. The fourth-order valence-electron chi connectivity index (χ4n) is 10.4. The van der Waals surface area contributed by atoms with Gasteiger partial charge in [-0.3, -0.25) is 0 Å². The maximum absolute atomic E-state index is 2.54. The number of anilines is 3. The molecule has 1 spiro atoms. The Labute approximate surface area is 253 Å². The molecule has 0 heterocycles. The highest BCUT2D eigenvalue weighted by atomic mass is 15.1. The topological polar surface area (TPSA) is 3.24 Å². The minimum absolute atomic E-state index is 0.208. The average Bonchev–Trinajstić information content (AvgIpc) is 3.34. The molecule has 6 aromatic rings. The molecule has 1 heteroatoms. The molecule has 5 aliphatic rings. The highest BCUT2D eigenvalue weighted by Gasteiger charge is 2.61. The molecule has 4 bridgehead atoms. The van der Waals surface area contributed by atoms with Crippen LogP contribution in [0.25, 0.3) is 32.7 Å². The summed E-state index contributed by atoms with van der Waals surface area (Å²) in [5.41, 5.74) is 10.0. The van der Waals surface area contributed by atoms with Crippen molar-refractivity contribution in [1.82, 2.24) is 0 Å². The summed E-state index contributed by atoms with van der Waals surface area (Å²) in [4.78, 5) is 2.46. The van der Waals surface area contributed by atoms with Crippen molar-refractivity contribution in [2.24, 2.45) is 23.7 Å². The first-order chi connectivity index (χ1) is 21.3. The van der Waals surface area contributed by atoms with Crippen molar-refractivity contribution in [2.45, 2.75) is 37.5 Å². The quantitative estimate of drug-likeness (QED) is 0.197. The Morgan fingerprint density at radius 2 is 1.07 bits per heavy atom. The molecule has 6 aromatic carbocycles. The zero-order chi connectivity index (χ0) is 28.1. The predicted molar refractivity (Wildman–Crippen MR) is 179 cm³/mol. The molecule has 0 unspecified atom stereocenters. The number of benzene rings is 6. The fraction of sp³-hybridized carbons (Fsp3) is 0.238. The van der Waals surface area contributed by atoms with Crippen LogP contribution in [0.5, 0.6) is 0 Å². The van der Waals surface area contributed by atoms with Crippen LogP contribution >= 0.6 is 0 Å². The van der Waals surface area contributed by atoms with Crippen molar-refractivity contribution in [2.75, 3.05) is 4.90 Å². The summed E-state index contributed by atoms with van der Waals surface area (Å²) in [6.45, 7) is 0. The van der Waals surface area contributed by atoms with E-state index in [4.69, 9.17) is 0 Å². The second kappa shape index (κ2) is 8.83. The lowest BCUT2D eigenvalue weighted by atomic mass is 9.43. The van der Waals surface area contributed by atoms with Gasteiger partial charge in [-0.25, -0.2) is 0 Å². The molecule has 0 aromatic heterocycles. The standard InChI is InChI=1S/C42H35N/c1-2-9-33(10-3-1)43(34-16-18-37-30(25-34)15-14-29-8-4-5-11-36(29)37)35-17-19-41-39(26-35)38-12-6-7-13-40(38)42(41)31-21-27-20-28(23-31)24-32(42)22-27/h1-19,25-28,31-32H,20-24H2. The van der Waals surface area contributed by atoms with Gasteiger partial charge in [-0.2, -0.15) is 0 Å². The van der Waals surface area contributed by atoms with Crippen molar-refractivity contribution >= 4 is 38.6 Å². The Kier molecular flexibility index (Phi) is 4.95. The van der Waals surface area contributed by atoms with Gasteiger partial charge in [0, 0.05) is 22.5 Å². The van der Waals surface area contributed by atoms with Crippen LogP contribution in [-0.4, -0.2) is 0 Å². The number of fused-ring (bicyclic) bond motifs is 6. The number of nitrogens with zero attached hydrogens (tertiary/aromatic N) is 1. The van der Waals surface area contributed by atoms with E-state index in [-0.39, 0.29) is 5.41 Å². The molecular formula is C42H35N. The Morgan fingerprint density at radius 1 is 0.442 bits per heavy atom. The van der Waals surface area contributed by atoms with E-state index < -0.39 is 0 Å². The molecule has 43 heavy (non-hydrogen) atoms. The van der Waals surface area contributed by atoms with E-state index in [1.165, 1.54) is 81.8 Å². The van der Waals surface area contributed by atoms with Crippen LogP contribution in [0.1, 0.15) is 43.2 Å². The molecule has 0 radical (unpaired) electrons. The molecule has 0 N–H and O–H groups in total. The van der Waals surface area contributed by atoms with Gasteiger partial charge in [0.2, 0.25) is 0 Å². The van der Waals surface area contributed by atoms with Crippen LogP contribution in [0.2, 0.25) is 0 Å². The third kappa shape index (κ3) is 3.29. The van der Waals surface area contributed by atoms with Gasteiger partial charge in [0.05, 0.1) is 0 Å². The zero-order valence-electron chi connectivity index (χ0n) is 24.4. The van der Waals surface area contributed by atoms with E-state index in [9.17, 15) is 0 Å². The Bertz CT molecular complexity index is 2030.